The molecule has 0 bridgehead atoms. The number of para-hydroxylation sites is 1. The number of aliphatic carboxylic acids is 1. The molecule has 4 rings (SSSR count). The van der Waals surface area contributed by atoms with Crippen LogP contribution >= 0.6 is 11.6 Å². The Morgan fingerprint density at radius 2 is 1.87 bits per heavy atom. The lowest BCUT2D eigenvalue weighted by molar-refractivity contribution is -0.514. The predicted octanol–water partition coefficient (Wildman–Crippen LogP) is 0.930. The van der Waals surface area contributed by atoms with E-state index in [9.17, 15) is 23.1 Å². The molecule has 0 aliphatic carbocycles. The van der Waals surface area contributed by atoms with Crippen molar-refractivity contribution >= 4 is 29.0 Å². The Hall–Kier alpha value is -3.31. The first-order valence-electron chi connectivity index (χ1n) is 8.76. The fourth-order valence-corrected chi connectivity index (χ4v) is 3.19. The molecule has 8 nitrogen and oxygen atoms in total. The number of hydrogen-bond acceptors (Lipinski definition) is 5. The van der Waals surface area contributed by atoms with Crippen LogP contribution in [0.5, 0.6) is 5.75 Å². The highest BCUT2D eigenvalue weighted by Crippen LogP contribution is 2.32. The highest BCUT2D eigenvalue weighted by Gasteiger charge is 2.33. The molecule has 0 fully saturated rings. The number of aliphatic hydroxyl groups excluding tert-OH is 1. The minimum absolute atomic E-state index is 0.126. The number of carbonyl (C=O) groups is 2. The number of aromatic nitrogens is 2. The van der Waals surface area contributed by atoms with E-state index >= 15 is 0 Å². The molecule has 1 aromatic carbocycles. The molecule has 0 saturated carbocycles. The molecule has 3 heterocycles. The molecule has 1 aliphatic heterocycles. The third-order valence-electron chi connectivity index (χ3n) is 4.34. The lowest BCUT2D eigenvalue weighted by Gasteiger charge is -2.30. The maximum atomic E-state index is 12.7. The van der Waals surface area contributed by atoms with Gasteiger partial charge in [0.15, 0.2) is 5.52 Å². The molecule has 0 saturated heterocycles. The van der Waals surface area contributed by atoms with Gasteiger partial charge in [0.05, 0.1) is 12.2 Å². The molecule has 2 atom stereocenters. The molecule has 1 aliphatic rings. The second-order valence-electron chi connectivity index (χ2n) is 6.40. The van der Waals surface area contributed by atoms with Crippen LogP contribution in [0.2, 0.25) is 5.15 Å². The molecule has 31 heavy (non-hydrogen) atoms. The van der Waals surface area contributed by atoms with E-state index in [0.29, 0.717) is 22.2 Å². The molecule has 3 N–H and O–H groups in total. The van der Waals surface area contributed by atoms with Gasteiger partial charge in [-0.2, -0.15) is 17.6 Å². The smallest absolute Gasteiger partial charge is 0.430 e. The predicted molar refractivity (Wildman–Crippen MR) is 98.2 cm³/mol. The van der Waals surface area contributed by atoms with Gasteiger partial charge in [-0.1, -0.05) is 24.3 Å². The third kappa shape index (κ3) is 4.89. The van der Waals surface area contributed by atoms with Crippen molar-refractivity contribution in [3.8, 4) is 5.75 Å². The topological polar surface area (TPSA) is 119 Å². The summed E-state index contributed by atoms with van der Waals surface area (Å²) in [7, 11) is 0. The number of benzene rings is 1. The molecule has 12 heteroatoms. The first-order valence-corrected chi connectivity index (χ1v) is 9.14. The molecular formula is C19H15ClF3N3O5. The van der Waals surface area contributed by atoms with E-state index in [1.54, 1.807) is 10.6 Å². The average Bonchev–Trinajstić information content (AvgIpc) is 3.07. The lowest BCUT2D eigenvalue weighted by atomic mass is 9.98. The first kappa shape index (κ1) is 22.4. The summed E-state index contributed by atoms with van der Waals surface area (Å²) >= 11 is 6.15. The number of alkyl halides is 3. The van der Waals surface area contributed by atoms with Crippen LogP contribution in [0.4, 0.5) is 13.2 Å². The zero-order chi connectivity index (χ0) is 22.8. The van der Waals surface area contributed by atoms with E-state index < -0.39 is 24.3 Å². The Labute approximate surface area is 177 Å². The monoisotopic (exact) mass is 457 g/mol. The fraction of sp³-hybridized carbons (Fsp3) is 0.211. The number of carbonyl (C=O) groups excluding carboxylic acids is 2. The Morgan fingerprint density at radius 1 is 1.23 bits per heavy atom. The van der Waals surface area contributed by atoms with Crippen molar-refractivity contribution in [3.63, 3.8) is 0 Å². The number of fused-ring (bicyclic) bond motifs is 2. The number of rotatable bonds is 2. The maximum absolute atomic E-state index is 12.7. The minimum Gasteiger partial charge on any atom is -0.542 e. The van der Waals surface area contributed by atoms with Crippen LogP contribution in [-0.2, 0) is 4.79 Å². The Kier molecular flexibility index (Phi) is 6.37. The second kappa shape index (κ2) is 8.82. The zero-order valence-electron chi connectivity index (χ0n) is 15.5. The number of nitrogens with zero attached hydrogens (tertiary/aromatic N) is 1. The van der Waals surface area contributed by atoms with Crippen molar-refractivity contribution in [2.45, 2.75) is 18.3 Å². The van der Waals surface area contributed by atoms with E-state index in [2.05, 4.69) is 10.3 Å². The quantitative estimate of drug-likeness (QED) is 0.495. The molecular weight excluding hydrogens is 443 g/mol. The number of aliphatic hydroxyl groups is 1. The summed E-state index contributed by atoms with van der Waals surface area (Å²) in [5, 5.41) is 22.3. The van der Waals surface area contributed by atoms with Gasteiger partial charge in [-0.15, -0.1) is 0 Å². The first-order chi connectivity index (χ1) is 14.6. The largest absolute Gasteiger partial charge is 0.542 e. The van der Waals surface area contributed by atoms with Gasteiger partial charge in [0.1, 0.15) is 24.4 Å². The normalized spacial score (nSPS) is 17.7. The van der Waals surface area contributed by atoms with Crippen LogP contribution in [0.1, 0.15) is 22.2 Å². The summed E-state index contributed by atoms with van der Waals surface area (Å²) in [5.74, 6) is -2.40. The van der Waals surface area contributed by atoms with Gasteiger partial charge in [0.25, 0.3) is 0 Å². The average molecular weight is 458 g/mol. The molecule has 0 radical (unpaired) electrons. The van der Waals surface area contributed by atoms with Gasteiger partial charge in [0.2, 0.25) is 5.15 Å². The SMILES string of the molecule is O=C(N[C@H]1c2ccccc2OC[C@H]1O)c1[nH]c(Cl)c2cccc[n+]12.O=C([O-])C(F)(F)F. The van der Waals surface area contributed by atoms with Crippen molar-refractivity contribution in [2.75, 3.05) is 6.61 Å². The number of nitrogens with one attached hydrogen (secondary N) is 2. The van der Waals surface area contributed by atoms with Crippen LogP contribution in [0.15, 0.2) is 48.7 Å². The molecule has 164 valence electrons. The van der Waals surface area contributed by atoms with Crippen LogP contribution in [-0.4, -0.2) is 40.9 Å². The molecule has 3 aromatic rings. The molecule has 0 spiro atoms. The zero-order valence-corrected chi connectivity index (χ0v) is 16.3. The van der Waals surface area contributed by atoms with Crippen molar-refractivity contribution in [2.24, 2.45) is 0 Å². The van der Waals surface area contributed by atoms with Crippen molar-refractivity contribution in [1.82, 2.24) is 10.3 Å². The number of ether oxygens (including phenoxy) is 1. The summed E-state index contributed by atoms with van der Waals surface area (Å²) < 4.78 is 38.7. The summed E-state index contributed by atoms with van der Waals surface area (Å²) in [5.41, 5.74) is 1.45. The molecule has 0 unspecified atom stereocenters. The Morgan fingerprint density at radius 3 is 2.55 bits per heavy atom. The Bertz CT molecular complexity index is 1120. The van der Waals surface area contributed by atoms with Crippen LogP contribution in [0.25, 0.3) is 5.52 Å². The highest BCUT2D eigenvalue weighted by molar-refractivity contribution is 6.32. The fourth-order valence-electron chi connectivity index (χ4n) is 2.94. The third-order valence-corrected chi connectivity index (χ3v) is 4.62. The summed E-state index contributed by atoms with van der Waals surface area (Å²) in [6.45, 7) is 0.126. The molecule has 2 aromatic heterocycles. The lowest BCUT2D eigenvalue weighted by Crippen LogP contribution is -2.44. The maximum Gasteiger partial charge on any atom is 0.430 e. The van der Waals surface area contributed by atoms with Crippen LogP contribution < -0.4 is 19.6 Å². The van der Waals surface area contributed by atoms with Crippen LogP contribution in [0, 0.1) is 0 Å². The highest BCUT2D eigenvalue weighted by atomic mass is 35.5. The molecule has 1 amide bonds. The number of carboxylic acids is 1. The second-order valence-corrected chi connectivity index (χ2v) is 6.77. The number of hydrogen-bond donors (Lipinski definition) is 3. The van der Waals surface area contributed by atoms with E-state index in [1.165, 1.54) is 0 Å². The van der Waals surface area contributed by atoms with Crippen LogP contribution in [0.3, 0.4) is 0 Å². The number of halogens is 4. The van der Waals surface area contributed by atoms with Crippen molar-refractivity contribution in [3.05, 3.63) is 65.2 Å². The Balaban J connectivity index is 0.000000339. The van der Waals surface area contributed by atoms with E-state index in [4.69, 9.17) is 26.2 Å². The number of H-pyrrole nitrogens is 1. The van der Waals surface area contributed by atoms with Gasteiger partial charge in [-0.05, 0) is 29.8 Å². The summed E-state index contributed by atoms with van der Waals surface area (Å²) in [6.07, 6.45) is -4.27. The van der Waals surface area contributed by atoms with Gasteiger partial charge in [0, 0.05) is 5.56 Å². The standard InChI is InChI=1S/C17H14ClN3O3.C2HF3O2/c18-15-11-6-3-4-8-21(11)16(20-15)17(23)19-14-10-5-1-2-7-13(10)24-9-12(14)22;3-2(4,5)1(6)7/h1-8,12,14,22H,9H2,(H,19,23);(H,6,7)/t12-,14+;/m1./s1. The van der Waals surface area contributed by atoms with Crippen molar-refractivity contribution in [1.29, 1.82) is 0 Å². The summed E-state index contributed by atoms with van der Waals surface area (Å²) in [6, 6.07) is 12.3. The minimum atomic E-state index is -5.19. The van der Waals surface area contributed by atoms with Gasteiger partial charge < -0.3 is 25.1 Å². The number of aromatic amines is 1. The number of imidazole rings is 1. The van der Waals surface area contributed by atoms with Gasteiger partial charge >= 0.3 is 17.9 Å². The van der Waals surface area contributed by atoms with E-state index in [-0.39, 0.29) is 12.5 Å². The van der Waals surface area contributed by atoms with E-state index in [0.717, 1.165) is 5.56 Å². The number of pyridine rings is 1. The number of amides is 1. The van der Waals surface area contributed by atoms with Crippen molar-refractivity contribution < 1.29 is 42.1 Å². The number of carboxylic acid groups (broad SMARTS) is 1. The summed E-state index contributed by atoms with van der Waals surface area (Å²) in [4.78, 5) is 24.4. The van der Waals surface area contributed by atoms with Gasteiger partial charge in [-0.25, -0.2) is 4.98 Å². The van der Waals surface area contributed by atoms with Gasteiger partial charge in [-0.3, -0.25) is 4.79 Å². The van der Waals surface area contributed by atoms with E-state index in [1.807, 2.05) is 42.5 Å².